The Balaban J connectivity index is 2.12. The number of halogens is 4. The number of ether oxygens (including phenoxy) is 1. The topological polar surface area (TPSA) is 80.3 Å². The smallest absolute Gasteiger partial charge is 0.416 e. The molecule has 0 aliphatic rings. The van der Waals surface area contributed by atoms with Gasteiger partial charge in [0.15, 0.2) is 6.10 Å². The highest BCUT2D eigenvalue weighted by Crippen LogP contribution is 2.34. The zero-order valence-electron chi connectivity index (χ0n) is 14.4. The molecule has 0 spiro atoms. The Morgan fingerprint density at radius 3 is 2.59 bits per heavy atom. The standard InChI is InChI=1S/C16H15ClF3N3O3S/c1-7-12(14(21-3)27-23-7)15(25)26-8(2)13(24)22-11-6-9(16(18,19)20)4-5-10(11)17/h4-6,8,21H,1-3H3,(H,22,24)/t8-/m1/s1. The number of rotatable bonds is 5. The van der Waals surface area contributed by atoms with Crippen LogP contribution in [-0.4, -0.2) is 29.4 Å². The quantitative estimate of drug-likeness (QED) is 0.701. The maximum Gasteiger partial charge on any atom is 0.416 e. The lowest BCUT2D eigenvalue weighted by molar-refractivity contribution is -0.137. The van der Waals surface area contributed by atoms with Gasteiger partial charge in [0.2, 0.25) is 0 Å². The van der Waals surface area contributed by atoms with Crippen LogP contribution in [0.2, 0.25) is 5.02 Å². The molecule has 0 radical (unpaired) electrons. The van der Waals surface area contributed by atoms with Gasteiger partial charge in [0.1, 0.15) is 10.6 Å². The fraction of sp³-hybridized carbons (Fsp3) is 0.312. The van der Waals surface area contributed by atoms with Gasteiger partial charge in [-0.2, -0.15) is 17.5 Å². The second-order valence-electron chi connectivity index (χ2n) is 5.45. The molecule has 1 aromatic heterocycles. The number of aryl methyl sites for hydroxylation is 1. The van der Waals surface area contributed by atoms with Gasteiger partial charge in [-0.3, -0.25) is 4.79 Å². The number of aromatic nitrogens is 1. The summed E-state index contributed by atoms with van der Waals surface area (Å²) in [6.07, 6.45) is -5.86. The molecule has 2 N–H and O–H groups in total. The lowest BCUT2D eigenvalue weighted by Gasteiger charge is -2.16. The van der Waals surface area contributed by atoms with Crippen molar-refractivity contribution < 1.29 is 27.5 Å². The number of benzene rings is 1. The number of alkyl halides is 3. The number of nitrogens with zero attached hydrogens (tertiary/aromatic N) is 1. The number of carbonyl (C=O) groups is 2. The molecule has 0 saturated carbocycles. The monoisotopic (exact) mass is 421 g/mol. The SMILES string of the molecule is CNc1snc(C)c1C(=O)O[C@H](C)C(=O)Nc1cc(C(F)(F)F)ccc1Cl. The molecule has 0 aliphatic heterocycles. The van der Waals surface area contributed by atoms with E-state index in [2.05, 4.69) is 15.0 Å². The van der Waals surface area contributed by atoms with E-state index in [-0.39, 0.29) is 16.3 Å². The number of hydrogen-bond donors (Lipinski definition) is 2. The average molecular weight is 422 g/mol. The molecule has 2 aromatic rings. The van der Waals surface area contributed by atoms with Crippen LogP contribution < -0.4 is 10.6 Å². The summed E-state index contributed by atoms with van der Waals surface area (Å²) < 4.78 is 47.5. The molecule has 1 atom stereocenters. The molecule has 0 unspecified atom stereocenters. The molecule has 1 aromatic carbocycles. The van der Waals surface area contributed by atoms with Crippen LogP contribution in [0.4, 0.5) is 23.9 Å². The van der Waals surface area contributed by atoms with Crippen LogP contribution in [0.3, 0.4) is 0 Å². The summed E-state index contributed by atoms with van der Waals surface area (Å²) in [6, 6.07) is 2.53. The average Bonchev–Trinajstić information content (AvgIpc) is 2.96. The van der Waals surface area contributed by atoms with E-state index in [0.717, 1.165) is 23.7 Å². The Hall–Kier alpha value is -2.33. The van der Waals surface area contributed by atoms with Crippen molar-refractivity contribution in [1.29, 1.82) is 0 Å². The van der Waals surface area contributed by atoms with Gasteiger partial charge >= 0.3 is 12.1 Å². The van der Waals surface area contributed by atoms with Crippen LogP contribution in [0.5, 0.6) is 0 Å². The summed E-state index contributed by atoms with van der Waals surface area (Å²) in [4.78, 5) is 24.5. The zero-order valence-corrected chi connectivity index (χ0v) is 16.0. The number of nitrogens with one attached hydrogen (secondary N) is 2. The molecule has 0 aliphatic carbocycles. The first kappa shape index (κ1) is 21.0. The van der Waals surface area contributed by atoms with E-state index in [1.807, 2.05) is 0 Å². The van der Waals surface area contributed by atoms with Crippen molar-refractivity contribution in [2.75, 3.05) is 17.7 Å². The minimum Gasteiger partial charge on any atom is -0.449 e. The van der Waals surface area contributed by atoms with E-state index >= 15 is 0 Å². The van der Waals surface area contributed by atoms with Gasteiger partial charge in [-0.15, -0.1) is 0 Å². The Morgan fingerprint density at radius 2 is 2.00 bits per heavy atom. The minimum absolute atomic E-state index is 0.0785. The zero-order chi connectivity index (χ0) is 20.4. The third-order valence-corrected chi connectivity index (χ3v) is 4.78. The van der Waals surface area contributed by atoms with E-state index < -0.39 is 29.7 Å². The van der Waals surface area contributed by atoms with Crippen molar-refractivity contribution in [3.05, 3.63) is 40.0 Å². The Labute approximate surface area is 161 Å². The first-order valence-corrected chi connectivity index (χ1v) is 8.72. The largest absolute Gasteiger partial charge is 0.449 e. The molecule has 0 bridgehead atoms. The predicted molar refractivity (Wildman–Crippen MR) is 96.4 cm³/mol. The summed E-state index contributed by atoms with van der Waals surface area (Å²) in [5.41, 5.74) is -0.573. The summed E-state index contributed by atoms with van der Waals surface area (Å²) in [5.74, 6) is -1.60. The molecular weight excluding hydrogens is 407 g/mol. The lowest BCUT2D eigenvalue weighted by atomic mass is 10.2. The summed E-state index contributed by atoms with van der Waals surface area (Å²) in [5, 5.41) is 5.44. The molecule has 0 saturated heterocycles. The molecule has 11 heteroatoms. The van der Waals surface area contributed by atoms with Crippen LogP contribution in [0.15, 0.2) is 18.2 Å². The van der Waals surface area contributed by atoms with Gasteiger partial charge in [0, 0.05) is 7.05 Å². The van der Waals surface area contributed by atoms with E-state index in [1.54, 1.807) is 14.0 Å². The Kier molecular flexibility index (Phi) is 6.32. The normalized spacial score (nSPS) is 12.4. The van der Waals surface area contributed by atoms with Crippen LogP contribution in [-0.2, 0) is 15.7 Å². The highest BCUT2D eigenvalue weighted by Gasteiger charge is 2.31. The highest BCUT2D eigenvalue weighted by atomic mass is 35.5. The van der Waals surface area contributed by atoms with Gasteiger partial charge in [-0.25, -0.2) is 4.79 Å². The molecule has 6 nitrogen and oxygen atoms in total. The molecule has 1 heterocycles. The Morgan fingerprint density at radius 1 is 1.33 bits per heavy atom. The summed E-state index contributed by atoms with van der Waals surface area (Å²) in [7, 11) is 1.61. The fourth-order valence-electron chi connectivity index (χ4n) is 2.09. The molecule has 0 fully saturated rings. The first-order chi connectivity index (χ1) is 12.5. The number of anilines is 2. The third-order valence-electron chi connectivity index (χ3n) is 3.50. The predicted octanol–water partition coefficient (Wildman–Crippen LogP) is 4.35. The second-order valence-corrected chi connectivity index (χ2v) is 6.63. The minimum atomic E-state index is -4.59. The van der Waals surface area contributed by atoms with E-state index in [1.165, 1.54) is 6.92 Å². The summed E-state index contributed by atoms with van der Waals surface area (Å²) in [6.45, 7) is 2.91. The second kappa shape index (κ2) is 8.13. The van der Waals surface area contributed by atoms with E-state index in [0.29, 0.717) is 16.8 Å². The van der Waals surface area contributed by atoms with Crippen molar-refractivity contribution in [3.8, 4) is 0 Å². The summed E-state index contributed by atoms with van der Waals surface area (Å²) >= 11 is 6.90. The lowest BCUT2D eigenvalue weighted by Crippen LogP contribution is -2.30. The van der Waals surface area contributed by atoms with Crippen molar-refractivity contribution in [1.82, 2.24) is 4.37 Å². The van der Waals surface area contributed by atoms with Crippen molar-refractivity contribution >= 4 is 45.7 Å². The third kappa shape index (κ3) is 4.89. The molecule has 1 amide bonds. The number of hydrogen-bond acceptors (Lipinski definition) is 6. The van der Waals surface area contributed by atoms with E-state index in [9.17, 15) is 22.8 Å². The number of esters is 1. The number of amides is 1. The van der Waals surface area contributed by atoms with E-state index in [4.69, 9.17) is 16.3 Å². The van der Waals surface area contributed by atoms with Crippen LogP contribution in [0.1, 0.15) is 28.5 Å². The number of carbonyl (C=O) groups excluding carboxylic acids is 2. The Bertz CT molecular complexity index is 870. The molecule has 146 valence electrons. The molecule has 2 rings (SSSR count). The van der Waals surface area contributed by atoms with Crippen LogP contribution in [0.25, 0.3) is 0 Å². The molecule has 27 heavy (non-hydrogen) atoms. The van der Waals surface area contributed by atoms with Gasteiger partial charge in [-0.1, -0.05) is 11.6 Å². The van der Waals surface area contributed by atoms with Crippen molar-refractivity contribution in [3.63, 3.8) is 0 Å². The van der Waals surface area contributed by atoms with Gasteiger partial charge in [-0.05, 0) is 43.6 Å². The maximum atomic E-state index is 12.8. The van der Waals surface area contributed by atoms with Crippen LogP contribution >= 0.6 is 23.1 Å². The van der Waals surface area contributed by atoms with Gasteiger partial charge < -0.3 is 15.4 Å². The van der Waals surface area contributed by atoms with Gasteiger partial charge in [0.05, 0.1) is 22.0 Å². The van der Waals surface area contributed by atoms with Crippen LogP contribution in [0, 0.1) is 6.92 Å². The fourth-order valence-corrected chi connectivity index (χ4v) is 2.98. The molecular formula is C16H15ClF3N3O3S. The van der Waals surface area contributed by atoms with Crippen molar-refractivity contribution in [2.45, 2.75) is 26.1 Å². The van der Waals surface area contributed by atoms with Crippen molar-refractivity contribution in [2.24, 2.45) is 0 Å². The maximum absolute atomic E-state index is 12.8. The van der Waals surface area contributed by atoms with Gasteiger partial charge in [0.25, 0.3) is 5.91 Å². The highest BCUT2D eigenvalue weighted by molar-refractivity contribution is 7.10. The first-order valence-electron chi connectivity index (χ1n) is 7.57.